The first-order chi connectivity index (χ1) is 8.81. The first kappa shape index (κ1) is 18.6. The van der Waals surface area contributed by atoms with Gasteiger partial charge in [0, 0.05) is 6.04 Å². The van der Waals surface area contributed by atoms with Gasteiger partial charge in [0.25, 0.3) is 0 Å². The third-order valence-electron chi connectivity index (χ3n) is 3.06. The van der Waals surface area contributed by atoms with E-state index in [4.69, 9.17) is 9.90 Å². The highest BCUT2D eigenvalue weighted by atomic mass is 32.2. The van der Waals surface area contributed by atoms with Crippen LogP contribution in [0.5, 0.6) is 0 Å². The summed E-state index contributed by atoms with van der Waals surface area (Å²) in [4.78, 5) is 8.90. The molecule has 1 aliphatic rings. The van der Waals surface area contributed by atoms with E-state index in [-0.39, 0.29) is 0 Å². The van der Waals surface area contributed by atoms with Gasteiger partial charge in [-0.3, -0.25) is 0 Å². The topological polar surface area (TPSA) is 49.3 Å². The highest BCUT2D eigenvalue weighted by Crippen LogP contribution is 2.26. The van der Waals surface area contributed by atoms with Gasteiger partial charge < -0.3 is 10.4 Å². The number of alkyl halides is 3. The molecular weight excluding hydrogens is 279 g/mol. The zero-order chi connectivity index (χ0) is 14.9. The zero-order valence-electron chi connectivity index (χ0n) is 11.3. The molecule has 1 rings (SSSR count). The van der Waals surface area contributed by atoms with Crippen molar-refractivity contribution in [3.63, 3.8) is 0 Å². The van der Waals surface area contributed by atoms with Crippen LogP contribution < -0.4 is 5.32 Å². The number of thioether (sulfide) groups is 1. The minimum Gasteiger partial charge on any atom is -0.475 e. The summed E-state index contributed by atoms with van der Waals surface area (Å²) >= 11 is 2.10. The molecule has 7 heteroatoms. The van der Waals surface area contributed by atoms with Crippen molar-refractivity contribution in [1.29, 1.82) is 0 Å². The molecule has 0 saturated heterocycles. The number of carboxylic acids is 1. The Morgan fingerprint density at radius 2 is 1.79 bits per heavy atom. The molecule has 1 fully saturated rings. The third kappa shape index (κ3) is 9.15. The third-order valence-corrected chi connectivity index (χ3v) is 4.17. The second-order valence-electron chi connectivity index (χ2n) is 4.47. The van der Waals surface area contributed by atoms with E-state index in [1.54, 1.807) is 0 Å². The van der Waals surface area contributed by atoms with Crippen LogP contribution >= 0.6 is 11.8 Å². The number of aliphatic carboxylic acids is 1. The second kappa shape index (κ2) is 9.47. The second-order valence-corrected chi connectivity index (χ2v) is 5.79. The van der Waals surface area contributed by atoms with Gasteiger partial charge in [0.15, 0.2) is 0 Å². The Kier molecular flexibility index (Phi) is 9.26. The summed E-state index contributed by atoms with van der Waals surface area (Å²) in [5.41, 5.74) is 0. The van der Waals surface area contributed by atoms with Gasteiger partial charge in [-0.1, -0.05) is 6.92 Å². The average Bonchev–Trinajstić information content (AvgIpc) is 2.36. The monoisotopic (exact) mass is 301 g/mol. The van der Waals surface area contributed by atoms with E-state index in [0.717, 1.165) is 12.0 Å². The van der Waals surface area contributed by atoms with Gasteiger partial charge in [-0.15, -0.1) is 0 Å². The summed E-state index contributed by atoms with van der Waals surface area (Å²) in [6.07, 6.45) is 0.591. The largest absolute Gasteiger partial charge is 0.490 e. The van der Waals surface area contributed by atoms with Crippen LogP contribution in [0.15, 0.2) is 0 Å². The molecule has 2 N–H and O–H groups in total. The van der Waals surface area contributed by atoms with Gasteiger partial charge in [0.2, 0.25) is 0 Å². The molecule has 3 nitrogen and oxygen atoms in total. The molecule has 0 atom stereocenters. The van der Waals surface area contributed by atoms with Crippen LogP contribution in [0.4, 0.5) is 13.2 Å². The SMILES string of the molecule is CCSCC1CCC(NC)CC1.O=C(O)C(F)(F)F. The quantitative estimate of drug-likeness (QED) is 0.837. The number of carbonyl (C=O) groups is 1. The number of halogens is 3. The van der Waals surface area contributed by atoms with Crippen molar-refractivity contribution < 1.29 is 23.1 Å². The highest BCUT2D eigenvalue weighted by Gasteiger charge is 2.38. The molecule has 19 heavy (non-hydrogen) atoms. The Morgan fingerprint density at radius 3 is 2.11 bits per heavy atom. The van der Waals surface area contributed by atoms with Crippen molar-refractivity contribution in [1.82, 2.24) is 5.32 Å². The summed E-state index contributed by atoms with van der Waals surface area (Å²) in [5, 5.41) is 10.5. The van der Waals surface area contributed by atoms with Crippen molar-refractivity contribution in [3.8, 4) is 0 Å². The Hall–Kier alpha value is -0.430. The number of carboxylic acid groups (broad SMARTS) is 1. The Labute approximate surface area is 116 Å². The molecule has 0 aromatic rings. The lowest BCUT2D eigenvalue weighted by Gasteiger charge is -2.27. The van der Waals surface area contributed by atoms with Crippen LogP contribution in [0, 0.1) is 5.92 Å². The van der Waals surface area contributed by atoms with E-state index in [2.05, 4.69) is 31.1 Å². The van der Waals surface area contributed by atoms with Gasteiger partial charge in [0.1, 0.15) is 0 Å². The predicted octanol–water partition coefficient (Wildman–Crippen LogP) is 3.15. The minimum atomic E-state index is -5.08. The summed E-state index contributed by atoms with van der Waals surface area (Å²) in [7, 11) is 2.09. The minimum absolute atomic E-state index is 0.813. The maximum Gasteiger partial charge on any atom is 0.490 e. The molecule has 1 saturated carbocycles. The lowest BCUT2D eigenvalue weighted by molar-refractivity contribution is -0.192. The van der Waals surface area contributed by atoms with E-state index in [9.17, 15) is 13.2 Å². The predicted molar refractivity (Wildman–Crippen MR) is 71.5 cm³/mol. The number of nitrogens with one attached hydrogen (secondary N) is 1. The molecule has 0 heterocycles. The summed E-state index contributed by atoms with van der Waals surface area (Å²) in [6, 6.07) is 0.813. The van der Waals surface area contributed by atoms with Crippen molar-refractivity contribution in [3.05, 3.63) is 0 Å². The van der Waals surface area contributed by atoms with Crippen LogP contribution in [0.1, 0.15) is 32.6 Å². The molecule has 0 amide bonds. The number of hydrogen-bond donors (Lipinski definition) is 2. The van der Waals surface area contributed by atoms with Gasteiger partial charge >= 0.3 is 12.1 Å². The van der Waals surface area contributed by atoms with Crippen molar-refractivity contribution in [2.45, 2.75) is 44.8 Å². The Balaban J connectivity index is 0.000000399. The van der Waals surface area contributed by atoms with E-state index < -0.39 is 12.1 Å². The van der Waals surface area contributed by atoms with Gasteiger partial charge in [-0.05, 0) is 50.2 Å². The smallest absolute Gasteiger partial charge is 0.475 e. The van der Waals surface area contributed by atoms with Crippen LogP contribution in [0.2, 0.25) is 0 Å². The Bertz CT molecular complexity index is 254. The molecule has 0 spiro atoms. The zero-order valence-corrected chi connectivity index (χ0v) is 12.1. The first-order valence-electron chi connectivity index (χ1n) is 6.36. The molecule has 0 radical (unpaired) electrons. The maximum atomic E-state index is 10.6. The van der Waals surface area contributed by atoms with E-state index in [1.165, 1.54) is 37.2 Å². The normalized spacial score (nSPS) is 23.4. The molecule has 0 aliphatic heterocycles. The summed E-state index contributed by atoms with van der Waals surface area (Å²) < 4.78 is 31.7. The van der Waals surface area contributed by atoms with Crippen LogP contribution in [-0.2, 0) is 4.79 Å². The molecule has 1 aliphatic carbocycles. The van der Waals surface area contributed by atoms with Crippen molar-refractivity contribution >= 4 is 17.7 Å². The fraction of sp³-hybridized carbons (Fsp3) is 0.917. The maximum absolute atomic E-state index is 10.6. The van der Waals surface area contributed by atoms with Gasteiger partial charge in [-0.25, -0.2) is 4.79 Å². The van der Waals surface area contributed by atoms with Crippen LogP contribution in [0.3, 0.4) is 0 Å². The van der Waals surface area contributed by atoms with Crippen molar-refractivity contribution in [2.24, 2.45) is 5.92 Å². The van der Waals surface area contributed by atoms with E-state index in [1.807, 2.05) is 0 Å². The molecule has 114 valence electrons. The average molecular weight is 301 g/mol. The highest BCUT2D eigenvalue weighted by molar-refractivity contribution is 7.99. The van der Waals surface area contributed by atoms with Crippen molar-refractivity contribution in [2.75, 3.05) is 18.6 Å². The van der Waals surface area contributed by atoms with Crippen LogP contribution in [0.25, 0.3) is 0 Å². The van der Waals surface area contributed by atoms with Gasteiger partial charge in [0.05, 0.1) is 0 Å². The lowest BCUT2D eigenvalue weighted by Crippen LogP contribution is -2.30. The molecule has 0 aromatic carbocycles. The summed E-state index contributed by atoms with van der Waals surface area (Å²) in [5.74, 6) is 0.936. The van der Waals surface area contributed by atoms with Crippen LogP contribution in [-0.4, -0.2) is 41.8 Å². The number of hydrogen-bond acceptors (Lipinski definition) is 3. The molecule has 0 bridgehead atoms. The first-order valence-corrected chi connectivity index (χ1v) is 7.51. The fourth-order valence-electron chi connectivity index (χ4n) is 1.90. The summed E-state index contributed by atoms with van der Waals surface area (Å²) in [6.45, 7) is 2.25. The van der Waals surface area contributed by atoms with E-state index >= 15 is 0 Å². The van der Waals surface area contributed by atoms with Gasteiger partial charge in [-0.2, -0.15) is 24.9 Å². The number of rotatable bonds is 4. The fourth-order valence-corrected chi connectivity index (χ4v) is 2.80. The molecule has 0 aromatic heterocycles. The molecule has 0 unspecified atom stereocenters. The lowest BCUT2D eigenvalue weighted by atomic mass is 9.87. The standard InChI is InChI=1S/C10H21NS.C2HF3O2/c1-3-12-8-9-4-6-10(11-2)7-5-9;3-2(4,5)1(6)7/h9-11H,3-8H2,1-2H3;(H,6,7). The van der Waals surface area contributed by atoms with E-state index in [0.29, 0.717) is 0 Å². The Morgan fingerprint density at radius 1 is 1.32 bits per heavy atom. The molecular formula is C12H22F3NO2S.